The molecule has 1 aromatic heterocycles. The number of anilines is 1. The maximum atomic E-state index is 12.3. The molecule has 0 radical (unpaired) electrons. The standard InChI is InChI=1S/C19H19NO2/c1-2-12-7-8-17-15(9-12)16(19(21)20-17)11-14-10-13-5-3-4-6-18(13)22-14/h7-11H,2-6H2,1H3,(H,20,21). The molecular weight excluding hydrogens is 274 g/mol. The fourth-order valence-corrected chi connectivity index (χ4v) is 3.33. The lowest BCUT2D eigenvalue weighted by Gasteiger charge is -2.07. The topological polar surface area (TPSA) is 42.2 Å². The molecule has 0 unspecified atom stereocenters. The van der Waals surface area contributed by atoms with Gasteiger partial charge in [-0.2, -0.15) is 0 Å². The van der Waals surface area contributed by atoms with Crippen LogP contribution in [0.25, 0.3) is 11.6 Å². The molecular formula is C19H19NO2. The second-order valence-electron chi connectivity index (χ2n) is 6.05. The quantitative estimate of drug-likeness (QED) is 0.843. The van der Waals surface area contributed by atoms with Gasteiger partial charge in [0.2, 0.25) is 0 Å². The fourth-order valence-electron chi connectivity index (χ4n) is 3.33. The Hall–Kier alpha value is -2.29. The van der Waals surface area contributed by atoms with Crippen LogP contribution in [-0.2, 0) is 24.1 Å². The molecule has 1 aliphatic heterocycles. The molecule has 1 amide bonds. The molecule has 3 nitrogen and oxygen atoms in total. The Kier molecular flexibility index (Phi) is 3.14. The van der Waals surface area contributed by atoms with Crippen LogP contribution in [-0.4, -0.2) is 5.91 Å². The lowest BCUT2D eigenvalue weighted by atomic mass is 9.98. The van der Waals surface area contributed by atoms with Gasteiger partial charge in [0, 0.05) is 17.7 Å². The zero-order chi connectivity index (χ0) is 15.1. The van der Waals surface area contributed by atoms with Crippen LogP contribution < -0.4 is 5.32 Å². The van der Waals surface area contributed by atoms with Crippen molar-refractivity contribution in [2.24, 2.45) is 0 Å². The number of nitrogens with one attached hydrogen (secondary N) is 1. The molecule has 1 aliphatic carbocycles. The van der Waals surface area contributed by atoms with Crippen LogP contribution in [0.2, 0.25) is 0 Å². The summed E-state index contributed by atoms with van der Waals surface area (Å²) in [5.74, 6) is 1.85. The Balaban J connectivity index is 1.76. The van der Waals surface area contributed by atoms with Crippen molar-refractivity contribution in [3.8, 4) is 0 Å². The van der Waals surface area contributed by atoms with Crippen LogP contribution in [0.5, 0.6) is 0 Å². The van der Waals surface area contributed by atoms with Crippen molar-refractivity contribution in [3.05, 3.63) is 52.5 Å². The number of amides is 1. The Labute approximate surface area is 130 Å². The number of benzene rings is 1. The average Bonchev–Trinajstić information content (AvgIpc) is 3.08. The Morgan fingerprint density at radius 3 is 2.91 bits per heavy atom. The van der Waals surface area contributed by atoms with Gasteiger partial charge in [-0.05, 0) is 61.1 Å². The number of carbonyl (C=O) groups is 1. The Morgan fingerprint density at radius 1 is 1.23 bits per heavy atom. The third-order valence-electron chi connectivity index (χ3n) is 4.58. The highest BCUT2D eigenvalue weighted by Crippen LogP contribution is 2.35. The van der Waals surface area contributed by atoms with Gasteiger partial charge in [-0.3, -0.25) is 4.79 Å². The molecule has 0 bridgehead atoms. The van der Waals surface area contributed by atoms with Gasteiger partial charge in [-0.15, -0.1) is 0 Å². The highest BCUT2D eigenvalue weighted by atomic mass is 16.3. The van der Waals surface area contributed by atoms with Gasteiger partial charge in [0.05, 0.1) is 5.57 Å². The van der Waals surface area contributed by atoms with E-state index in [9.17, 15) is 4.79 Å². The maximum absolute atomic E-state index is 12.3. The minimum Gasteiger partial charge on any atom is -0.461 e. The predicted molar refractivity (Wildman–Crippen MR) is 87.7 cm³/mol. The minimum atomic E-state index is -0.0439. The van der Waals surface area contributed by atoms with E-state index in [-0.39, 0.29) is 5.91 Å². The molecule has 112 valence electrons. The monoisotopic (exact) mass is 293 g/mol. The van der Waals surface area contributed by atoms with Gasteiger partial charge >= 0.3 is 0 Å². The van der Waals surface area contributed by atoms with E-state index < -0.39 is 0 Å². The summed E-state index contributed by atoms with van der Waals surface area (Å²) in [6.07, 6.45) is 7.38. The van der Waals surface area contributed by atoms with E-state index in [4.69, 9.17) is 4.42 Å². The normalized spacial score (nSPS) is 18.2. The van der Waals surface area contributed by atoms with E-state index in [0.717, 1.165) is 42.0 Å². The van der Waals surface area contributed by atoms with Crippen molar-refractivity contribution < 1.29 is 9.21 Å². The lowest BCUT2D eigenvalue weighted by molar-refractivity contribution is -0.110. The summed E-state index contributed by atoms with van der Waals surface area (Å²) in [4.78, 5) is 12.3. The first-order chi connectivity index (χ1) is 10.7. The molecule has 1 N–H and O–H groups in total. The van der Waals surface area contributed by atoms with E-state index in [1.165, 1.54) is 24.0 Å². The third-order valence-corrected chi connectivity index (χ3v) is 4.58. The second kappa shape index (κ2) is 5.16. The smallest absolute Gasteiger partial charge is 0.256 e. The molecule has 22 heavy (non-hydrogen) atoms. The van der Waals surface area contributed by atoms with Crippen LogP contribution in [0.1, 0.15) is 48.0 Å². The van der Waals surface area contributed by atoms with Gasteiger partial charge in [-0.1, -0.05) is 13.0 Å². The van der Waals surface area contributed by atoms with Crippen molar-refractivity contribution in [2.75, 3.05) is 5.32 Å². The Bertz CT molecular complexity index is 759. The number of rotatable bonds is 2. The second-order valence-corrected chi connectivity index (χ2v) is 6.05. The number of hydrogen-bond acceptors (Lipinski definition) is 2. The molecule has 2 aliphatic rings. The number of furan rings is 1. The molecule has 0 saturated carbocycles. The molecule has 0 fully saturated rings. The summed E-state index contributed by atoms with van der Waals surface area (Å²) in [6.45, 7) is 2.12. The fraction of sp³-hybridized carbons (Fsp3) is 0.316. The molecule has 0 saturated heterocycles. The molecule has 0 atom stereocenters. The first-order valence-corrected chi connectivity index (χ1v) is 8.02. The van der Waals surface area contributed by atoms with Crippen LogP contribution >= 0.6 is 0 Å². The zero-order valence-corrected chi connectivity index (χ0v) is 12.7. The summed E-state index contributed by atoms with van der Waals surface area (Å²) in [5.41, 5.74) is 5.12. The summed E-state index contributed by atoms with van der Waals surface area (Å²) < 4.78 is 5.93. The summed E-state index contributed by atoms with van der Waals surface area (Å²) >= 11 is 0. The number of aryl methyl sites for hydroxylation is 3. The van der Waals surface area contributed by atoms with E-state index >= 15 is 0 Å². The van der Waals surface area contributed by atoms with Crippen molar-refractivity contribution >= 4 is 23.2 Å². The predicted octanol–water partition coefficient (Wildman–Crippen LogP) is 4.21. The average molecular weight is 293 g/mol. The van der Waals surface area contributed by atoms with Crippen molar-refractivity contribution in [1.29, 1.82) is 0 Å². The highest BCUT2D eigenvalue weighted by molar-refractivity contribution is 6.34. The maximum Gasteiger partial charge on any atom is 0.256 e. The first kappa shape index (κ1) is 13.4. The molecule has 0 spiro atoms. The number of hydrogen-bond donors (Lipinski definition) is 1. The van der Waals surface area contributed by atoms with E-state index in [2.05, 4.69) is 30.4 Å². The van der Waals surface area contributed by atoms with E-state index in [1.807, 2.05) is 12.1 Å². The number of fused-ring (bicyclic) bond motifs is 2. The van der Waals surface area contributed by atoms with Crippen molar-refractivity contribution in [3.63, 3.8) is 0 Å². The lowest BCUT2D eigenvalue weighted by Crippen LogP contribution is -2.03. The van der Waals surface area contributed by atoms with Gasteiger partial charge in [0.15, 0.2) is 0 Å². The van der Waals surface area contributed by atoms with Crippen LogP contribution in [0.15, 0.2) is 28.7 Å². The molecule has 2 aromatic rings. The summed E-state index contributed by atoms with van der Waals surface area (Å²) in [5, 5.41) is 2.93. The van der Waals surface area contributed by atoms with Gasteiger partial charge in [0.1, 0.15) is 11.5 Å². The van der Waals surface area contributed by atoms with Gasteiger partial charge in [-0.25, -0.2) is 0 Å². The molecule has 4 rings (SSSR count). The van der Waals surface area contributed by atoms with Gasteiger partial charge in [0.25, 0.3) is 5.91 Å². The highest BCUT2D eigenvalue weighted by Gasteiger charge is 2.25. The van der Waals surface area contributed by atoms with E-state index in [1.54, 1.807) is 0 Å². The van der Waals surface area contributed by atoms with Crippen molar-refractivity contribution in [1.82, 2.24) is 0 Å². The van der Waals surface area contributed by atoms with E-state index in [0.29, 0.717) is 5.57 Å². The van der Waals surface area contributed by atoms with Crippen molar-refractivity contribution in [2.45, 2.75) is 39.0 Å². The molecule has 2 heterocycles. The van der Waals surface area contributed by atoms with Crippen LogP contribution in [0.3, 0.4) is 0 Å². The molecule has 3 heteroatoms. The minimum absolute atomic E-state index is 0.0439. The summed E-state index contributed by atoms with van der Waals surface area (Å²) in [6, 6.07) is 8.24. The molecule has 1 aromatic carbocycles. The number of carbonyl (C=O) groups excluding carboxylic acids is 1. The first-order valence-electron chi connectivity index (χ1n) is 8.02. The SMILES string of the molecule is CCc1ccc2c(c1)C(=Cc1cc3c(o1)CCCC3)C(=O)N2. The third kappa shape index (κ3) is 2.17. The zero-order valence-electron chi connectivity index (χ0n) is 12.7. The summed E-state index contributed by atoms with van der Waals surface area (Å²) in [7, 11) is 0. The Morgan fingerprint density at radius 2 is 2.09 bits per heavy atom. The largest absolute Gasteiger partial charge is 0.461 e. The van der Waals surface area contributed by atoms with Gasteiger partial charge < -0.3 is 9.73 Å². The van der Waals surface area contributed by atoms with Crippen LogP contribution in [0, 0.1) is 0 Å². The van der Waals surface area contributed by atoms with Crippen LogP contribution in [0.4, 0.5) is 5.69 Å².